The van der Waals surface area contributed by atoms with E-state index < -0.39 is 49.8 Å². The fourth-order valence-corrected chi connectivity index (χ4v) is 5.89. The third-order valence-corrected chi connectivity index (χ3v) is 8.04. The fraction of sp³-hybridized carbons (Fsp3) is 0.250. The van der Waals surface area contributed by atoms with E-state index in [1.165, 1.54) is 12.1 Å². The molecule has 14 heteroatoms. The van der Waals surface area contributed by atoms with Gasteiger partial charge in [0.05, 0.1) is 16.0 Å². The number of halogens is 1. The number of nitrogens with zero attached hydrogens (tertiary/aromatic N) is 2. The molecule has 0 bridgehead atoms. The number of hydroxylamine groups is 2. The van der Waals surface area contributed by atoms with Gasteiger partial charge in [-0.1, -0.05) is 23.7 Å². The molecule has 0 aliphatic carbocycles. The molecule has 0 saturated carbocycles. The number of phenolic OH excluding ortho intramolecular Hbond substituents is 1. The van der Waals surface area contributed by atoms with Gasteiger partial charge < -0.3 is 14.4 Å². The van der Waals surface area contributed by atoms with Crippen molar-refractivity contribution in [2.45, 2.75) is 50.0 Å². The summed E-state index contributed by atoms with van der Waals surface area (Å²) >= 11 is 5.99. The highest BCUT2D eigenvalue weighted by atomic mass is 35.5. The lowest BCUT2D eigenvalue weighted by Crippen LogP contribution is -2.34. The lowest BCUT2D eigenvalue weighted by Gasteiger charge is -2.12. The second-order valence-electron chi connectivity index (χ2n) is 9.67. The van der Waals surface area contributed by atoms with E-state index in [9.17, 15) is 37.3 Å². The summed E-state index contributed by atoms with van der Waals surface area (Å²) in [4.78, 5) is 52.1. The van der Waals surface area contributed by atoms with Crippen molar-refractivity contribution in [2.75, 3.05) is 0 Å². The minimum absolute atomic E-state index is 0.0374. The number of unbranched alkanes of at least 4 members (excludes halogenated alkanes) is 2. The Hall–Kier alpha value is -4.33. The number of rotatable bonds is 9. The lowest BCUT2D eigenvalue weighted by atomic mass is 10.0. The van der Waals surface area contributed by atoms with Crippen LogP contribution in [0.2, 0.25) is 5.02 Å². The molecule has 3 heterocycles. The molecular weight excluding hydrogens is 592 g/mol. The lowest BCUT2D eigenvalue weighted by molar-refractivity contribution is -0.671. The predicted octanol–water partition coefficient (Wildman–Crippen LogP) is 3.67. The molecule has 218 valence electrons. The number of aromatic nitrogens is 1. The van der Waals surface area contributed by atoms with E-state index in [-0.39, 0.29) is 35.2 Å². The number of para-hydroxylation sites is 1. The van der Waals surface area contributed by atoms with Crippen LogP contribution >= 0.6 is 11.6 Å². The van der Waals surface area contributed by atoms with Crippen molar-refractivity contribution in [2.24, 2.45) is 0 Å². The zero-order valence-electron chi connectivity index (χ0n) is 21.9. The normalized spacial score (nSPS) is 13.8. The molecule has 1 fully saturated rings. The van der Waals surface area contributed by atoms with Crippen LogP contribution in [-0.2, 0) is 35.9 Å². The maximum absolute atomic E-state index is 13.0. The maximum Gasteiger partial charge on any atom is 0.344 e. The van der Waals surface area contributed by atoms with E-state index in [1.807, 2.05) is 22.8 Å². The standard InChI is InChI=1S/C28H23ClN2O10S/c29-20-15-16-14-19(28(36)40-26(16)27(25(20)35)42(37,38)39)17-11-13-30(21-7-4-3-6-18(17)21)12-5-1-2-8-24(34)41-31-22(32)9-10-23(31)33/h3-4,6-7,11,13-15H,1-2,5,8-10,12H2,(H,37,38,39)/p+1. The summed E-state index contributed by atoms with van der Waals surface area (Å²) in [5.41, 5.74) is 0.000703. The number of hydrogen-bond donors (Lipinski definition) is 2. The second-order valence-corrected chi connectivity index (χ2v) is 11.4. The Balaban J connectivity index is 1.35. The van der Waals surface area contributed by atoms with Crippen molar-refractivity contribution in [3.63, 3.8) is 0 Å². The summed E-state index contributed by atoms with van der Waals surface area (Å²) in [5, 5.41) is 11.1. The number of aryl methyl sites for hydroxylation is 1. The monoisotopic (exact) mass is 615 g/mol. The van der Waals surface area contributed by atoms with E-state index >= 15 is 0 Å². The van der Waals surface area contributed by atoms with Crippen LogP contribution in [0.5, 0.6) is 5.75 Å². The minimum Gasteiger partial charge on any atom is -0.505 e. The highest BCUT2D eigenvalue weighted by Crippen LogP contribution is 2.38. The van der Waals surface area contributed by atoms with Crippen molar-refractivity contribution >= 4 is 61.4 Å². The van der Waals surface area contributed by atoms with Gasteiger partial charge in [0.1, 0.15) is 6.54 Å². The van der Waals surface area contributed by atoms with Gasteiger partial charge in [-0.3, -0.25) is 14.1 Å². The minimum atomic E-state index is -4.97. The number of phenols is 1. The van der Waals surface area contributed by atoms with Crippen LogP contribution in [0.15, 0.2) is 62.8 Å². The van der Waals surface area contributed by atoms with E-state index in [0.717, 1.165) is 5.52 Å². The van der Waals surface area contributed by atoms with Gasteiger partial charge in [0.2, 0.25) is 5.52 Å². The Morgan fingerprint density at radius 1 is 1.02 bits per heavy atom. The third kappa shape index (κ3) is 5.71. The molecule has 0 atom stereocenters. The molecule has 0 spiro atoms. The Bertz CT molecular complexity index is 1920. The van der Waals surface area contributed by atoms with Gasteiger partial charge in [0, 0.05) is 48.8 Å². The second kappa shape index (κ2) is 11.5. The largest absolute Gasteiger partial charge is 0.505 e. The van der Waals surface area contributed by atoms with Crippen LogP contribution in [0.4, 0.5) is 0 Å². The Kier molecular flexibility index (Phi) is 7.99. The molecule has 1 saturated heterocycles. The smallest absolute Gasteiger partial charge is 0.344 e. The van der Waals surface area contributed by atoms with Crippen molar-refractivity contribution in [3.8, 4) is 16.9 Å². The topological polar surface area (TPSA) is 172 Å². The molecule has 2 N–H and O–H groups in total. The molecule has 2 aromatic heterocycles. The molecule has 12 nitrogen and oxygen atoms in total. The first-order valence-corrected chi connectivity index (χ1v) is 14.7. The molecule has 0 unspecified atom stereocenters. The number of aromatic hydroxyl groups is 1. The highest BCUT2D eigenvalue weighted by molar-refractivity contribution is 7.86. The van der Waals surface area contributed by atoms with E-state index in [1.54, 1.807) is 18.3 Å². The number of imide groups is 1. The Labute approximate surface area is 243 Å². The molecule has 1 aliphatic rings. The number of benzene rings is 2. The van der Waals surface area contributed by atoms with Crippen LogP contribution < -0.4 is 10.2 Å². The average molecular weight is 616 g/mol. The molecule has 5 rings (SSSR count). The van der Waals surface area contributed by atoms with Crippen LogP contribution in [0.3, 0.4) is 0 Å². The number of carbonyl (C=O) groups is 3. The van der Waals surface area contributed by atoms with Gasteiger partial charge in [-0.15, -0.1) is 5.06 Å². The van der Waals surface area contributed by atoms with E-state index in [2.05, 4.69) is 0 Å². The number of amides is 2. The first-order valence-electron chi connectivity index (χ1n) is 12.9. The summed E-state index contributed by atoms with van der Waals surface area (Å²) in [6, 6.07) is 11.6. The van der Waals surface area contributed by atoms with Crippen molar-refractivity contribution in [1.29, 1.82) is 0 Å². The first kappa shape index (κ1) is 29.2. The van der Waals surface area contributed by atoms with Crippen molar-refractivity contribution < 1.29 is 46.3 Å². The van der Waals surface area contributed by atoms with Gasteiger partial charge >= 0.3 is 21.7 Å². The number of hydrogen-bond acceptors (Lipinski definition) is 9. The van der Waals surface area contributed by atoms with Gasteiger partial charge in [0.15, 0.2) is 22.4 Å². The molecule has 2 aromatic carbocycles. The number of fused-ring (bicyclic) bond motifs is 2. The van der Waals surface area contributed by atoms with Crippen LogP contribution in [0.1, 0.15) is 38.5 Å². The van der Waals surface area contributed by atoms with E-state index in [0.29, 0.717) is 41.8 Å². The molecule has 2 amide bonds. The summed E-state index contributed by atoms with van der Waals surface area (Å²) in [6.07, 6.45) is 3.77. The third-order valence-electron chi connectivity index (χ3n) is 6.86. The van der Waals surface area contributed by atoms with Crippen LogP contribution in [-0.4, -0.2) is 40.9 Å². The summed E-state index contributed by atoms with van der Waals surface area (Å²) < 4.78 is 40.6. The van der Waals surface area contributed by atoms with Crippen LogP contribution in [0.25, 0.3) is 33.0 Å². The molecule has 1 aliphatic heterocycles. The van der Waals surface area contributed by atoms with Gasteiger partial charge in [0.25, 0.3) is 11.8 Å². The quantitative estimate of drug-likeness (QED) is 0.0930. The van der Waals surface area contributed by atoms with Gasteiger partial charge in [-0.05, 0) is 31.0 Å². The highest BCUT2D eigenvalue weighted by Gasteiger charge is 2.32. The molecule has 42 heavy (non-hydrogen) atoms. The summed E-state index contributed by atoms with van der Waals surface area (Å²) in [5.74, 6) is -2.61. The SMILES string of the molecule is O=C(CCCCC[n+]1ccc(-c2cc3cc(Cl)c(O)c(S(=O)(=O)O)c3oc2=O)c2ccccc21)ON1C(=O)CCC1=O. The predicted molar refractivity (Wildman–Crippen MR) is 148 cm³/mol. The Morgan fingerprint density at radius 3 is 2.45 bits per heavy atom. The molecule has 0 radical (unpaired) electrons. The van der Waals surface area contributed by atoms with Crippen molar-refractivity contribution in [3.05, 3.63) is 64.1 Å². The molecular formula is C28H24ClN2O10S+. The first-order chi connectivity index (χ1) is 20.0. The molecule has 4 aromatic rings. The summed E-state index contributed by atoms with van der Waals surface area (Å²) in [7, 11) is -4.97. The zero-order valence-corrected chi connectivity index (χ0v) is 23.5. The Morgan fingerprint density at radius 2 is 1.74 bits per heavy atom. The fourth-order valence-electron chi connectivity index (χ4n) is 4.87. The summed E-state index contributed by atoms with van der Waals surface area (Å²) in [6.45, 7) is 0.581. The maximum atomic E-state index is 13.0. The zero-order chi connectivity index (χ0) is 30.2. The van der Waals surface area contributed by atoms with E-state index in [4.69, 9.17) is 20.9 Å². The van der Waals surface area contributed by atoms with Gasteiger partial charge in [-0.25, -0.2) is 9.59 Å². The average Bonchev–Trinajstić information content (AvgIpc) is 3.25. The van der Waals surface area contributed by atoms with Gasteiger partial charge in [-0.2, -0.15) is 13.0 Å². The van der Waals surface area contributed by atoms with Crippen molar-refractivity contribution in [1.82, 2.24) is 5.06 Å². The number of pyridine rings is 1. The van der Waals surface area contributed by atoms with Crippen LogP contribution in [0, 0.1) is 0 Å². The number of carbonyl (C=O) groups excluding carboxylic acids is 3.